The van der Waals surface area contributed by atoms with Gasteiger partial charge >= 0.3 is 0 Å². The molecule has 0 bridgehead atoms. The Morgan fingerprint density at radius 2 is 2.00 bits per heavy atom. The third kappa shape index (κ3) is 3.09. The Kier molecular flexibility index (Phi) is 3.99. The summed E-state index contributed by atoms with van der Waals surface area (Å²) in [7, 11) is 0. The number of nitrogens with one attached hydrogen (secondary N) is 1. The first-order valence-corrected chi connectivity index (χ1v) is 6.29. The Morgan fingerprint density at radius 3 is 2.56 bits per heavy atom. The number of aromatic nitrogens is 2. The van der Waals surface area contributed by atoms with Gasteiger partial charge in [0.1, 0.15) is 0 Å². The van der Waals surface area contributed by atoms with Crippen molar-refractivity contribution >= 4 is 34.6 Å². The summed E-state index contributed by atoms with van der Waals surface area (Å²) in [6.45, 7) is 3.43. The molecule has 1 heterocycles. The van der Waals surface area contributed by atoms with Gasteiger partial charge in [0.25, 0.3) is 0 Å². The number of benzene rings is 1. The highest BCUT2D eigenvalue weighted by Crippen LogP contribution is 2.32. The van der Waals surface area contributed by atoms with Crippen molar-refractivity contribution in [1.29, 1.82) is 0 Å². The van der Waals surface area contributed by atoms with Crippen LogP contribution in [0.3, 0.4) is 0 Å². The Labute approximate surface area is 116 Å². The summed E-state index contributed by atoms with van der Waals surface area (Å²) in [5.41, 5.74) is 8.04. The van der Waals surface area contributed by atoms with Crippen LogP contribution in [0, 0.1) is 6.92 Å². The molecule has 2 rings (SSSR count). The van der Waals surface area contributed by atoms with E-state index in [2.05, 4.69) is 10.4 Å². The van der Waals surface area contributed by atoms with E-state index < -0.39 is 0 Å². The molecule has 6 heteroatoms. The first-order chi connectivity index (χ1) is 8.56. The van der Waals surface area contributed by atoms with E-state index in [1.54, 1.807) is 12.1 Å². The van der Waals surface area contributed by atoms with Crippen LogP contribution in [0.2, 0.25) is 10.0 Å². The lowest BCUT2D eigenvalue weighted by atomic mass is 10.3. The summed E-state index contributed by atoms with van der Waals surface area (Å²) in [5, 5.41) is 8.43. The van der Waals surface area contributed by atoms with Crippen LogP contribution < -0.4 is 11.1 Å². The topological polar surface area (TPSA) is 55.9 Å². The number of nitrogens with zero attached hydrogens (tertiary/aromatic N) is 2. The van der Waals surface area contributed by atoms with E-state index in [1.807, 2.05) is 24.0 Å². The minimum absolute atomic E-state index is 0.525. The standard InChI is InChI=1S/C12H14Cl2N4/c1-8-6-17-18(7-8)3-2-16-12-10(13)4-9(15)5-11(12)14/h4-7,16H,2-3,15H2,1H3. The summed E-state index contributed by atoms with van der Waals surface area (Å²) in [6.07, 6.45) is 3.80. The largest absolute Gasteiger partial charge is 0.399 e. The van der Waals surface area contributed by atoms with Crippen molar-refractivity contribution in [3.8, 4) is 0 Å². The zero-order chi connectivity index (χ0) is 13.1. The molecule has 4 nitrogen and oxygen atoms in total. The number of hydrogen-bond acceptors (Lipinski definition) is 3. The lowest BCUT2D eigenvalue weighted by Crippen LogP contribution is -2.11. The molecule has 0 aliphatic rings. The molecule has 0 aliphatic heterocycles. The molecule has 0 amide bonds. The van der Waals surface area contributed by atoms with Crippen LogP contribution in [0.4, 0.5) is 11.4 Å². The Bertz CT molecular complexity index is 528. The lowest BCUT2D eigenvalue weighted by molar-refractivity contribution is 0.637. The van der Waals surface area contributed by atoms with Gasteiger partial charge in [-0.1, -0.05) is 23.2 Å². The fourth-order valence-electron chi connectivity index (χ4n) is 1.65. The maximum atomic E-state index is 6.07. The highest BCUT2D eigenvalue weighted by molar-refractivity contribution is 6.39. The zero-order valence-corrected chi connectivity index (χ0v) is 11.5. The van der Waals surface area contributed by atoms with Gasteiger partial charge in [-0.2, -0.15) is 5.10 Å². The van der Waals surface area contributed by atoms with E-state index in [1.165, 1.54) is 0 Å². The van der Waals surface area contributed by atoms with Gasteiger partial charge < -0.3 is 11.1 Å². The highest BCUT2D eigenvalue weighted by Gasteiger charge is 2.06. The number of nitrogen functional groups attached to an aromatic ring is 1. The molecule has 18 heavy (non-hydrogen) atoms. The molecule has 0 saturated carbocycles. The van der Waals surface area contributed by atoms with Crippen molar-refractivity contribution in [2.45, 2.75) is 13.5 Å². The predicted octanol–water partition coefficient (Wildman–Crippen LogP) is 3.19. The van der Waals surface area contributed by atoms with Crippen LogP contribution in [0.15, 0.2) is 24.5 Å². The third-order valence-electron chi connectivity index (χ3n) is 2.47. The average molecular weight is 285 g/mol. The molecule has 0 fully saturated rings. The summed E-state index contributed by atoms with van der Waals surface area (Å²) in [4.78, 5) is 0. The molecule has 0 saturated heterocycles. The summed E-state index contributed by atoms with van der Waals surface area (Å²) in [6, 6.07) is 3.35. The predicted molar refractivity (Wildman–Crippen MR) is 76.3 cm³/mol. The van der Waals surface area contributed by atoms with E-state index in [0.717, 1.165) is 12.1 Å². The van der Waals surface area contributed by atoms with Crippen molar-refractivity contribution in [3.05, 3.63) is 40.1 Å². The quantitative estimate of drug-likeness (QED) is 0.848. The fraction of sp³-hybridized carbons (Fsp3) is 0.250. The molecular weight excluding hydrogens is 271 g/mol. The first kappa shape index (κ1) is 13.1. The summed E-state index contributed by atoms with van der Waals surface area (Å²) < 4.78 is 1.86. The normalized spacial score (nSPS) is 10.6. The Hall–Kier alpha value is -1.39. The molecule has 0 unspecified atom stereocenters. The van der Waals surface area contributed by atoms with E-state index in [0.29, 0.717) is 28.0 Å². The van der Waals surface area contributed by atoms with Crippen molar-refractivity contribution in [3.63, 3.8) is 0 Å². The van der Waals surface area contributed by atoms with Crippen LogP contribution in [0.5, 0.6) is 0 Å². The van der Waals surface area contributed by atoms with Crippen LogP contribution in [0.1, 0.15) is 5.56 Å². The van der Waals surface area contributed by atoms with Gasteiger partial charge in [0, 0.05) is 18.4 Å². The number of hydrogen-bond donors (Lipinski definition) is 2. The average Bonchev–Trinajstić information content (AvgIpc) is 2.68. The molecule has 1 aromatic heterocycles. The van der Waals surface area contributed by atoms with Crippen molar-refractivity contribution in [1.82, 2.24) is 9.78 Å². The van der Waals surface area contributed by atoms with Gasteiger partial charge in [-0.25, -0.2) is 0 Å². The minimum atomic E-state index is 0.525. The van der Waals surface area contributed by atoms with Gasteiger partial charge in [-0.15, -0.1) is 0 Å². The molecule has 3 N–H and O–H groups in total. The van der Waals surface area contributed by atoms with Gasteiger partial charge in [0.05, 0.1) is 28.5 Å². The van der Waals surface area contributed by atoms with E-state index in [9.17, 15) is 0 Å². The molecule has 0 aliphatic carbocycles. The number of halogens is 2. The molecule has 1 aromatic carbocycles. The lowest BCUT2D eigenvalue weighted by Gasteiger charge is -2.11. The highest BCUT2D eigenvalue weighted by atomic mass is 35.5. The van der Waals surface area contributed by atoms with Crippen molar-refractivity contribution in [2.75, 3.05) is 17.6 Å². The Balaban J connectivity index is 1.98. The van der Waals surface area contributed by atoms with E-state index in [4.69, 9.17) is 28.9 Å². The second-order valence-corrected chi connectivity index (χ2v) is 4.88. The number of anilines is 2. The zero-order valence-electron chi connectivity index (χ0n) is 9.95. The molecule has 2 aromatic rings. The first-order valence-electron chi connectivity index (χ1n) is 5.53. The number of rotatable bonds is 4. The molecule has 96 valence electrons. The number of nitrogens with two attached hydrogens (primary N) is 1. The smallest absolute Gasteiger partial charge is 0.0721 e. The monoisotopic (exact) mass is 284 g/mol. The third-order valence-corrected chi connectivity index (χ3v) is 3.07. The molecular formula is C12H14Cl2N4. The SMILES string of the molecule is Cc1cnn(CCNc2c(Cl)cc(N)cc2Cl)c1. The summed E-state index contributed by atoms with van der Waals surface area (Å²) in [5.74, 6) is 0. The summed E-state index contributed by atoms with van der Waals surface area (Å²) >= 11 is 12.1. The minimum Gasteiger partial charge on any atom is -0.399 e. The van der Waals surface area contributed by atoms with Crippen molar-refractivity contribution in [2.24, 2.45) is 0 Å². The maximum Gasteiger partial charge on any atom is 0.0721 e. The fourth-order valence-corrected chi connectivity index (χ4v) is 2.28. The van der Waals surface area contributed by atoms with Crippen LogP contribution in [0.25, 0.3) is 0 Å². The van der Waals surface area contributed by atoms with Crippen LogP contribution in [-0.2, 0) is 6.54 Å². The van der Waals surface area contributed by atoms with Crippen LogP contribution in [-0.4, -0.2) is 16.3 Å². The Morgan fingerprint density at radius 1 is 1.33 bits per heavy atom. The van der Waals surface area contributed by atoms with Gasteiger partial charge in [0.2, 0.25) is 0 Å². The van der Waals surface area contributed by atoms with Crippen LogP contribution >= 0.6 is 23.2 Å². The molecule has 0 radical (unpaired) electrons. The van der Waals surface area contributed by atoms with Gasteiger partial charge in [0.15, 0.2) is 0 Å². The molecule has 0 atom stereocenters. The van der Waals surface area contributed by atoms with Crippen molar-refractivity contribution < 1.29 is 0 Å². The van der Waals surface area contributed by atoms with E-state index in [-0.39, 0.29) is 0 Å². The van der Waals surface area contributed by atoms with Gasteiger partial charge in [-0.05, 0) is 24.6 Å². The maximum absolute atomic E-state index is 6.07. The second-order valence-electron chi connectivity index (χ2n) is 4.07. The molecule has 0 spiro atoms. The number of aryl methyl sites for hydroxylation is 1. The van der Waals surface area contributed by atoms with Gasteiger partial charge in [-0.3, -0.25) is 4.68 Å². The second kappa shape index (κ2) is 5.50. The van der Waals surface area contributed by atoms with E-state index >= 15 is 0 Å².